The van der Waals surface area contributed by atoms with Gasteiger partial charge >= 0.3 is 12.0 Å². The van der Waals surface area contributed by atoms with E-state index >= 15 is 0 Å². The monoisotopic (exact) mass is 295 g/mol. The number of amides is 3. The molecule has 1 unspecified atom stereocenters. The fourth-order valence-electron chi connectivity index (χ4n) is 2.07. The smallest absolute Gasteiger partial charge is 0.328 e. The van der Waals surface area contributed by atoms with Gasteiger partial charge in [0, 0.05) is 32.8 Å². The zero-order chi connectivity index (χ0) is 15.4. The molecule has 1 atom stereocenters. The van der Waals surface area contributed by atoms with Gasteiger partial charge in [0.2, 0.25) is 5.91 Å². The van der Waals surface area contributed by atoms with E-state index in [9.17, 15) is 14.4 Å². The molecule has 0 spiro atoms. The Morgan fingerprint density at radius 2 is 2.33 bits per heavy atom. The summed E-state index contributed by atoms with van der Waals surface area (Å²) >= 11 is 0. The Kier molecular flexibility index (Phi) is 4.41. The van der Waals surface area contributed by atoms with Crippen LogP contribution in [0.15, 0.2) is 12.3 Å². The van der Waals surface area contributed by atoms with Gasteiger partial charge in [0.1, 0.15) is 12.6 Å². The zero-order valence-corrected chi connectivity index (χ0v) is 11.6. The van der Waals surface area contributed by atoms with E-state index in [0.717, 1.165) is 10.6 Å². The molecule has 2 rings (SSSR count). The second-order valence-electron chi connectivity index (χ2n) is 4.75. The van der Waals surface area contributed by atoms with Crippen molar-refractivity contribution < 1.29 is 19.5 Å². The van der Waals surface area contributed by atoms with Crippen molar-refractivity contribution in [1.82, 2.24) is 25.3 Å². The third kappa shape index (κ3) is 3.71. The topological polar surface area (TPSA) is 117 Å². The Morgan fingerprint density at radius 3 is 2.95 bits per heavy atom. The van der Waals surface area contributed by atoms with E-state index in [2.05, 4.69) is 15.7 Å². The highest BCUT2D eigenvalue weighted by atomic mass is 16.4. The maximum Gasteiger partial charge on any atom is 0.328 e. The number of hydrogen-bond donors (Lipinski definition) is 3. The number of aliphatic carboxylic acids is 1. The summed E-state index contributed by atoms with van der Waals surface area (Å²) < 4.78 is 1.66. The van der Waals surface area contributed by atoms with Crippen LogP contribution in [-0.4, -0.2) is 63.4 Å². The van der Waals surface area contributed by atoms with E-state index in [4.69, 9.17) is 5.11 Å². The first-order chi connectivity index (χ1) is 9.97. The van der Waals surface area contributed by atoms with Crippen molar-refractivity contribution in [3.63, 3.8) is 0 Å². The number of piperazine rings is 1. The average molecular weight is 295 g/mol. The maximum absolute atomic E-state index is 12.0. The second kappa shape index (κ2) is 6.25. The molecule has 0 bridgehead atoms. The molecule has 0 radical (unpaired) electrons. The molecule has 3 amide bonds. The van der Waals surface area contributed by atoms with Crippen LogP contribution in [-0.2, 0) is 23.1 Å². The van der Waals surface area contributed by atoms with Crippen LogP contribution in [0.2, 0.25) is 0 Å². The molecule has 2 heterocycles. The summed E-state index contributed by atoms with van der Waals surface area (Å²) in [7, 11) is 1.80. The fraction of sp³-hybridized carbons (Fsp3) is 0.500. The first-order valence-electron chi connectivity index (χ1n) is 6.50. The summed E-state index contributed by atoms with van der Waals surface area (Å²) in [6.45, 7) is -0.0193. The highest BCUT2D eigenvalue weighted by Gasteiger charge is 2.34. The van der Waals surface area contributed by atoms with Crippen LogP contribution in [0, 0.1) is 0 Å². The third-order valence-corrected chi connectivity index (χ3v) is 3.15. The molecule has 0 aliphatic carbocycles. The molecular formula is C12H17N5O4. The van der Waals surface area contributed by atoms with Gasteiger partial charge in [0.15, 0.2) is 0 Å². The van der Waals surface area contributed by atoms with Gasteiger partial charge in [-0.25, -0.2) is 9.59 Å². The van der Waals surface area contributed by atoms with Crippen LogP contribution in [0.5, 0.6) is 0 Å². The Bertz CT molecular complexity index is 556. The first kappa shape index (κ1) is 14.8. The Labute approximate surface area is 120 Å². The summed E-state index contributed by atoms with van der Waals surface area (Å²) in [5.74, 6) is -1.51. The third-order valence-electron chi connectivity index (χ3n) is 3.15. The minimum atomic E-state index is -1.14. The van der Waals surface area contributed by atoms with Crippen molar-refractivity contribution in [2.24, 2.45) is 7.05 Å². The molecule has 1 fully saturated rings. The van der Waals surface area contributed by atoms with Crippen molar-refractivity contribution >= 4 is 17.9 Å². The normalized spacial score (nSPS) is 18.2. The largest absolute Gasteiger partial charge is 0.480 e. The standard InChI is InChI=1S/C12H17N5O4/c1-16-5-3-8(15-16)2-4-13-12(21)17-7-10(18)14-6-9(17)11(19)20/h3,5,9H,2,4,6-7H2,1H3,(H,13,21)(H,14,18)(H,19,20). The average Bonchev–Trinajstić information content (AvgIpc) is 2.84. The maximum atomic E-state index is 12.0. The molecule has 1 aliphatic heterocycles. The predicted molar refractivity (Wildman–Crippen MR) is 71.5 cm³/mol. The molecule has 1 aromatic heterocycles. The van der Waals surface area contributed by atoms with Crippen molar-refractivity contribution in [1.29, 1.82) is 0 Å². The Balaban J connectivity index is 1.88. The lowest BCUT2D eigenvalue weighted by molar-refractivity contribution is -0.144. The van der Waals surface area contributed by atoms with E-state index in [1.165, 1.54) is 0 Å². The lowest BCUT2D eigenvalue weighted by Gasteiger charge is -2.32. The minimum absolute atomic E-state index is 0.0815. The Morgan fingerprint density at radius 1 is 1.57 bits per heavy atom. The molecule has 1 saturated heterocycles. The molecule has 9 nitrogen and oxygen atoms in total. The van der Waals surface area contributed by atoms with Gasteiger partial charge in [-0.15, -0.1) is 0 Å². The number of rotatable bonds is 4. The summed E-state index contributed by atoms with van der Waals surface area (Å²) in [5.41, 5.74) is 0.823. The quantitative estimate of drug-likeness (QED) is 0.629. The number of hydrogen-bond acceptors (Lipinski definition) is 4. The number of carbonyl (C=O) groups excluding carboxylic acids is 2. The lowest BCUT2D eigenvalue weighted by Crippen LogP contribution is -2.61. The first-order valence-corrected chi connectivity index (χ1v) is 6.50. The van der Waals surface area contributed by atoms with Gasteiger partial charge in [0.05, 0.1) is 5.69 Å². The van der Waals surface area contributed by atoms with Crippen LogP contribution >= 0.6 is 0 Å². The molecular weight excluding hydrogens is 278 g/mol. The molecule has 1 aromatic rings. The van der Waals surface area contributed by atoms with Crippen LogP contribution in [0.25, 0.3) is 0 Å². The van der Waals surface area contributed by atoms with E-state index in [-0.39, 0.29) is 19.0 Å². The number of urea groups is 1. The molecule has 1 aliphatic rings. The Hall–Kier alpha value is -2.58. The van der Waals surface area contributed by atoms with Gasteiger partial charge in [-0.1, -0.05) is 0 Å². The summed E-state index contributed by atoms with van der Waals surface area (Å²) in [6, 6.07) is 0.228. The van der Waals surface area contributed by atoms with Gasteiger partial charge in [-0.3, -0.25) is 14.4 Å². The summed E-state index contributed by atoms with van der Waals surface area (Å²) in [4.78, 5) is 35.4. The van der Waals surface area contributed by atoms with Gasteiger partial charge in [-0.05, 0) is 6.07 Å². The van der Waals surface area contributed by atoms with Crippen molar-refractivity contribution in [2.45, 2.75) is 12.5 Å². The number of carbonyl (C=O) groups is 3. The van der Waals surface area contributed by atoms with Crippen LogP contribution in [0.3, 0.4) is 0 Å². The highest BCUT2D eigenvalue weighted by Crippen LogP contribution is 2.05. The molecule has 0 aromatic carbocycles. The van der Waals surface area contributed by atoms with Crippen molar-refractivity contribution in [2.75, 3.05) is 19.6 Å². The molecule has 21 heavy (non-hydrogen) atoms. The number of aryl methyl sites for hydroxylation is 1. The van der Waals surface area contributed by atoms with Crippen LogP contribution in [0.4, 0.5) is 4.79 Å². The number of carboxylic acids is 1. The fourth-order valence-corrected chi connectivity index (χ4v) is 2.07. The predicted octanol–water partition coefficient (Wildman–Crippen LogP) is -1.44. The minimum Gasteiger partial charge on any atom is -0.480 e. The molecule has 114 valence electrons. The number of aromatic nitrogens is 2. The second-order valence-corrected chi connectivity index (χ2v) is 4.75. The van der Waals surface area contributed by atoms with Gasteiger partial charge < -0.3 is 15.7 Å². The number of carboxylic acid groups (broad SMARTS) is 1. The lowest BCUT2D eigenvalue weighted by atomic mass is 10.2. The van der Waals surface area contributed by atoms with Crippen LogP contribution < -0.4 is 10.6 Å². The highest BCUT2D eigenvalue weighted by molar-refractivity contribution is 5.90. The van der Waals surface area contributed by atoms with Gasteiger partial charge in [0.25, 0.3) is 0 Å². The molecule has 9 heteroatoms. The van der Waals surface area contributed by atoms with Crippen LogP contribution in [0.1, 0.15) is 5.69 Å². The molecule has 3 N–H and O–H groups in total. The van der Waals surface area contributed by atoms with Crippen molar-refractivity contribution in [3.8, 4) is 0 Å². The van der Waals surface area contributed by atoms with E-state index < -0.39 is 18.0 Å². The van der Waals surface area contributed by atoms with Crippen molar-refractivity contribution in [3.05, 3.63) is 18.0 Å². The summed E-state index contributed by atoms with van der Waals surface area (Å²) in [6.07, 6.45) is 2.33. The van der Waals surface area contributed by atoms with E-state index in [0.29, 0.717) is 13.0 Å². The van der Waals surface area contributed by atoms with Gasteiger partial charge in [-0.2, -0.15) is 5.10 Å². The summed E-state index contributed by atoms with van der Waals surface area (Å²) in [5, 5.41) is 18.3. The van der Waals surface area contributed by atoms with E-state index in [1.807, 2.05) is 6.07 Å². The SMILES string of the molecule is Cn1ccc(CCNC(=O)N2CC(=O)NCC2C(=O)O)n1. The number of nitrogens with one attached hydrogen (secondary N) is 2. The molecule has 0 saturated carbocycles. The zero-order valence-electron chi connectivity index (χ0n) is 11.6. The number of nitrogens with zero attached hydrogens (tertiary/aromatic N) is 3. The van der Waals surface area contributed by atoms with E-state index in [1.54, 1.807) is 17.9 Å².